The van der Waals surface area contributed by atoms with Crippen LogP contribution >= 0.6 is 15.9 Å². The molecule has 1 aromatic rings. The molecule has 160 valence electrons. The van der Waals surface area contributed by atoms with Crippen LogP contribution in [0.3, 0.4) is 0 Å². The molecule has 4 atom stereocenters. The van der Waals surface area contributed by atoms with E-state index in [1.807, 2.05) is 0 Å². The van der Waals surface area contributed by atoms with Gasteiger partial charge in [0.2, 0.25) is 10.0 Å². The molecule has 0 spiro atoms. The van der Waals surface area contributed by atoms with Gasteiger partial charge < -0.3 is 10.1 Å². The van der Waals surface area contributed by atoms with Crippen LogP contribution in [0, 0.1) is 11.8 Å². The molecule has 2 bridgehead atoms. The fraction of sp³-hybridized carbons (Fsp3) is 0.650. The van der Waals surface area contributed by atoms with Crippen LogP contribution in [-0.2, 0) is 10.0 Å². The summed E-state index contributed by atoms with van der Waals surface area (Å²) in [6, 6.07) is 3.73. The van der Waals surface area contributed by atoms with Gasteiger partial charge in [0.05, 0.1) is 17.6 Å². The van der Waals surface area contributed by atoms with Gasteiger partial charge in [-0.1, -0.05) is 6.42 Å². The molecule has 0 aromatic heterocycles. The molecule has 4 rings (SSSR count). The number of sulfonamides is 1. The van der Waals surface area contributed by atoms with Crippen molar-refractivity contribution in [3.05, 3.63) is 22.2 Å². The van der Waals surface area contributed by atoms with E-state index in [2.05, 4.69) is 26.1 Å². The van der Waals surface area contributed by atoms with Crippen molar-refractivity contribution < 1.29 is 17.9 Å². The molecular weight excluding hydrogens is 458 g/mol. The van der Waals surface area contributed by atoms with E-state index in [9.17, 15) is 13.2 Å². The van der Waals surface area contributed by atoms with Crippen LogP contribution in [0.5, 0.6) is 5.75 Å². The first-order valence-electron chi connectivity index (χ1n) is 10.2. The van der Waals surface area contributed by atoms with Crippen molar-refractivity contribution in [1.82, 2.24) is 10.2 Å². The van der Waals surface area contributed by atoms with E-state index in [1.165, 1.54) is 44.9 Å². The van der Waals surface area contributed by atoms with Gasteiger partial charge >= 0.3 is 0 Å². The predicted molar refractivity (Wildman–Crippen MR) is 113 cm³/mol. The van der Waals surface area contributed by atoms with Crippen LogP contribution in [-0.4, -0.2) is 51.5 Å². The van der Waals surface area contributed by atoms with Gasteiger partial charge in [-0.3, -0.25) is 9.69 Å². The molecule has 1 saturated heterocycles. The van der Waals surface area contributed by atoms with Gasteiger partial charge in [0, 0.05) is 23.1 Å². The zero-order chi connectivity index (χ0) is 20.8. The number of nitrogens with two attached hydrogens (primary N) is 1. The topological polar surface area (TPSA) is 102 Å². The summed E-state index contributed by atoms with van der Waals surface area (Å²) in [4.78, 5) is 15.3. The summed E-state index contributed by atoms with van der Waals surface area (Å²) in [7, 11) is -2.51. The third-order valence-electron chi connectivity index (χ3n) is 6.85. The highest BCUT2D eigenvalue weighted by molar-refractivity contribution is 9.10. The van der Waals surface area contributed by atoms with Crippen LogP contribution in [0.1, 0.15) is 48.9 Å². The predicted octanol–water partition coefficient (Wildman–Crippen LogP) is 2.49. The normalized spacial score (nSPS) is 29.3. The number of halogens is 1. The molecule has 1 aromatic carbocycles. The zero-order valence-corrected chi connectivity index (χ0v) is 19.0. The molecule has 3 fully saturated rings. The first-order chi connectivity index (χ1) is 13.8. The smallest absolute Gasteiger partial charge is 0.255 e. The van der Waals surface area contributed by atoms with Crippen molar-refractivity contribution in [2.24, 2.45) is 17.0 Å². The number of hydrogen-bond donors (Lipinski definition) is 2. The lowest BCUT2D eigenvalue weighted by molar-refractivity contribution is 0.0909. The van der Waals surface area contributed by atoms with E-state index in [1.54, 1.807) is 0 Å². The lowest BCUT2D eigenvalue weighted by Crippen LogP contribution is -2.47. The minimum absolute atomic E-state index is 0.132. The fourth-order valence-electron chi connectivity index (χ4n) is 5.54. The molecule has 3 aliphatic rings. The fourth-order valence-corrected chi connectivity index (χ4v) is 7.15. The minimum atomic E-state index is -3.96. The first-order valence-corrected chi connectivity index (χ1v) is 12.6. The molecule has 29 heavy (non-hydrogen) atoms. The zero-order valence-electron chi connectivity index (χ0n) is 16.6. The number of fused-ring (bicyclic) bond motifs is 2. The van der Waals surface area contributed by atoms with E-state index in [-0.39, 0.29) is 20.8 Å². The average Bonchev–Trinajstić information content (AvgIpc) is 3.40. The van der Waals surface area contributed by atoms with Gasteiger partial charge in [0.15, 0.2) is 0 Å². The highest BCUT2D eigenvalue weighted by atomic mass is 79.9. The summed E-state index contributed by atoms with van der Waals surface area (Å²) >= 11 is 3.18. The van der Waals surface area contributed by atoms with Crippen LogP contribution in [0.2, 0.25) is 0 Å². The molecule has 0 radical (unpaired) electrons. The SMILES string of the molecule is COc1cc(Br)c(S(N)(=O)=O)cc1C(=O)NCC1CCCN1C1CC2CCC1C2. The summed E-state index contributed by atoms with van der Waals surface area (Å²) < 4.78 is 29.2. The van der Waals surface area contributed by atoms with Crippen molar-refractivity contribution in [2.75, 3.05) is 20.2 Å². The Hall–Kier alpha value is -1.16. The highest BCUT2D eigenvalue weighted by Gasteiger charge is 2.45. The number of benzene rings is 1. The number of nitrogens with one attached hydrogen (secondary N) is 1. The number of likely N-dealkylation sites (tertiary alicyclic amines) is 1. The van der Waals surface area contributed by atoms with Gasteiger partial charge in [-0.05, 0) is 78.5 Å². The number of carbonyl (C=O) groups is 1. The van der Waals surface area contributed by atoms with Crippen molar-refractivity contribution >= 4 is 31.9 Å². The molecule has 2 aliphatic carbocycles. The Bertz CT molecular complexity index is 907. The first kappa shape index (κ1) is 21.1. The molecule has 2 saturated carbocycles. The molecule has 7 nitrogen and oxygen atoms in total. The highest BCUT2D eigenvalue weighted by Crippen LogP contribution is 2.48. The number of carbonyl (C=O) groups excluding carboxylic acids is 1. The number of methoxy groups -OCH3 is 1. The number of amides is 1. The van der Waals surface area contributed by atoms with Gasteiger partial charge in [0.1, 0.15) is 5.75 Å². The molecule has 1 aliphatic heterocycles. The van der Waals surface area contributed by atoms with E-state index >= 15 is 0 Å². The molecule has 4 unspecified atom stereocenters. The quantitative estimate of drug-likeness (QED) is 0.644. The largest absolute Gasteiger partial charge is 0.496 e. The Morgan fingerprint density at radius 1 is 1.31 bits per heavy atom. The Balaban J connectivity index is 1.47. The maximum atomic E-state index is 12.9. The lowest BCUT2D eigenvalue weighted by atomic mass is 9.93. The Labute approximate surface area is 180 Å². The van der Waals surface area contributed by atoms with Gasteiger partial charge in [-0.15, -0.1) is 0 Å². The van der Waals surface area contributed by atoms with E-state index in [4.69, 9.17) is 9.88 Å². The molecule has 1 heterocycles. The summed E-state index contributed by atoms with van der Waals surface area (Å²) in [6.45, 7) is 1.66. The van der Waals surface area contributed by atoms with Gasteiger partial charge in [-0.25, -0.2) is 13.6 Å². The third kappa shape index (κ3) is 4.19. The second kappa shape index (κ2) is 8.17. The van der Waals surface area contributed by atoms with Crippen molar-refractivity contribution in [1.29, 1.82) is 0 Å². The van der Waals surface area contributed by atoms with Gasteiger partial charge in [0.25, 0.3) is 5.91 Å². The maximum absolute atomic E-state index is 12.9. The second-order valence-electron chi connectivity index (χ2n) is 8.51. The van der Waals surface area contributed by atoms with Crippen molar-refractivity contribution in [3.63, 3.8) is 0 Å². The number of primary sulfonamides is 1. The summed E-state index contributed by atoms with van der Waals surface area (Å²) in [5.41, 5.74) is 0.171. The van der Waals surface area contributed by atoms with Crippen molar-refractivity contribution in [2.45, 2.75) is 55.5 Å². The molecule has 9 heteroatoms. The second-order valence-corrected chi connectivity index (χ2v) is 10.9. The summed E-state index contributed by atoms with van der Waals surface area (Å²) in [5.74, 6) is 1.67. The summed E-state index contributed by atoms with van der Waals surface area (Å²) in [5, 5.41) is 8.27. The third-order valence-corrected chi connectivity index (χ3v) is 8.72. The number of hydrogen-bond acceptors (Lipinski definition) is 5. The molecular formula is C20H28BrN3O4S. The number of rotatable bonds is 6. The Morgan fingerprint density at radius 2 is 2.10 bits per heavy atom. The van der Waals surface area contributed by atoms with Crippen LogP contribution in [0.15, 0.2) is 21.5 Å². The lowest BCUT2D eigenvalue weighted by Gasteiger charge is -2.36. The van der Waals surface area contributed by atoms with E-state index < -0.39 is 10.0 Å². The Morgan fingerprint density at radius 3 is 2.72 bits per heavy atom. The minimum Gasteiger partial charge on any atom is -0.496 e. The molecule has 3 N–H and O–H groups in total. The standard InChI is InChI=1S/C20H28BrN3O4S/c1-28-18-10-16(21)19(29(22,26)27)9-15(18)20(25)23-11-14-3-2-6-24(14)17-8-12-4-5-13(17)7-12/h9-10,12-14,17H,2-8,11H2,1H3,(H,23,25)(H2,22,26,27). The monoisotopic (exact) mass is 485 g/mol. The van der Waals surface area contributed by atoms with Crippen LogP contribution in [0.25, 0.3) is 0 Å². The van der Waals surface area contributed by atoms with Crippen LogP contribution < -0.4 is 15.2 Å². The van der Waals surface area contributed by atoms with Crippen LogP contribution in [0.4, 0.5) is 0 Å². The molecule has 1 amide bonds. The van der Waals surface area contributed by atoms with Crippen molar-refractivity contribution in [3.8, 4) is 5.75 Å². The summed E-state index contributed by atoms with van der Waals surface area (Å²) in [6.07, 6.45) is 7.63. The number of ether oxygens (including phenoxy) is 1. The maximum Gasteiger partial charge on any atom is 0.255 e. The number of nitrogens with zero attached hydrogens (tertiary/aromatic N) is 1. The Kier molecular flexibility index (Phi) is 5.94. The average molecular weight is 486 g/mol. The van der Waals surface area contributed by atoms with E-state index in [0.717, 1.165) is 31.2 Å². The van der Waals surface area contributed by atoms with E-state index in [0.29, 0.717) is 24.4 Å². The van der Waals surface area contributed by atoms with Gasteiger partial charge in [-0.2, -0.15) is 0 Å².